The highest BCUT2D eigenvalue weighted by Gasteiger charge is 2.45. The second-order valence-corrected chi connectivity index (χ2v) is 8.90. The van der Waals surface area contributed by atoms with E-state index in [1.807, 2.05) is 18.2 Å². The molecule has 0 amide bonds. The van der Waals surface area contributed by atoms with Crippen LogP contribution in [0.3, 0.4) is 0 Å². The number of aliphatic hydroxyl groups excluding tert-OH is 1. The summed E-state index contributed by atoms with van der Waals surface area (Å²) in [5.41, 5.74) is 3.86. The van der Waals surface area contributed by atoms with Gasteiger partial charge in [-0.05, 0) is 60.2 Å². The van der Waals surface area contributed by atoms with Crippen molar-refractivity contribution in [2.45, 2.75) is 58.7 Å². The van der Waals surface area contributed by atoms with Gasteiger partial charge in [-0.1, -0.05) is 38.1 Å². The van der Waals surface area contributed by atoms with Crippen LogP contribution < -0.4 is 0 Å². The predicted octanol–water partition coefficient (Wildman–Crippen LogP) is 4.89. The SMILES string of the molecule is Cc1cc(C2=C(C=C[C@@H]3C[C@@H](O)CC(=O)O3)C3(C)C=CC2(C)CC3)ccc1F. The Bertz CT molecular complexity index is 912. The number of halogens is 1. The number of allylic oxidation sites excluding steroid dienone is 5. The van der Waals surface area contributed by atoms with E-state index in [0.717, 1.165) is 18.4 Å². The van der Waals surface area contributed by atoms with Gasteiger partial charge < -0.3 is 9.84 Å². The molecular formula is C24H27FO3. The van der Waals surface area contributed by atoms with E-state index in [1.54, 1.807) is 6.92 Å². The number of cyclic esters (lactones) is 1. The summed E-state index contributed by atoms with van der Waals surface area (Å²) in [5, 5.41) is 9.88. The number of hydrogen-bond acceptors (Lipinski definition) is 3. The first-order chi connectivity index (χ1) is 13.2. The Hall–Kier alpha value is -2.20. The first kappa shape index (κ1) is 19.1. The number of carbonyl (C=O) groups is 1. The van der Waals surface area contributed by atoms with E-state index in [0.29, 0.717) is 12.0 Å². The average molecular weight is 382 g/mol. The fourth-order valence-electron chi connectivity index (χ4n) is 4.77. The van der Waals surface area contributed by atoms with E-state index >= 15 is 0 Å². The lowest BCUT2D eigenvalue weighted by Gasteiger charge is -2.48. The van der Waals surface area contributed by atoms with Crippen LogP contribution >= 0.6 is 0 Å². The fourth-order valence-corrected chi connectivity index (χ4v) is 4.77. The zero-order valence-electron chi connectivity index (χ0n) is 16.7. The average Bonchev–Trinajstić information content (AvgIpc) is 2.63. The highest BCUT2D eigenvalue weighted by atomic mass is 19.1. The smallest absolute Gasteiger partial charge is 0.309 e. The molecule has 1 N–H and O–H groups in total. The van der Waals surface area contributed by atoms with Crippen molar-refractivity contribution >= 4 is 11.5 Å². The Balaban J connectivity index is 1.79. The van der Waals surface area contributed by atoms with Crippen molar-refractivity contribution in [2.75, 3.05) is 0 Å². The number of carbonyl (C=O) groups excluding carboxylic acids is 1. The van der Waals surface area contributed by atoms with Gasteiger partial charge in [0.05, 0.1) is 12.5 Å². The van der Waals surface area contributed by atoms with E-state index in [9.17, 15) is 14.3 Å². The third-order valence-electron chi connectivity index (χ3n) is 6.55. The molecule has 4 heteroatoms. The van der Waals surface area contributed by atoms with Gasteiger partial charge >= 0.3 is 5.97 Å². The van der Waals surface area contributed by atoms with Crippen molar-refractivity contribution in [3.8, 4) is 0 Å². The van der Waals surface area contributed by atoms with E-state index < -0.39 is 12.2 Å². The lowest BCUT2D eigenvalue weighted by atomic mass is 9.55. The van der Waals surface area contributed by atoms with Crippen LogP contribution in [-0.2, 0) is 9.53 Å². The van der Waals surface area contributed by atoms with E-state index in [4.69, 9.17) is 4.74 Å². The largest absolute Gasteiger partial charge is 0.458 e. The molecule has 28 heavy (non-hydrogen) atoms. The lowest BCUT2D eigenvalue weighted by Crippen LogP contribution is -2.36. The molecule has 2 bridgehead atoms. The normalized spacial score (nSPS) is 35.0. The summed E-state index contributed by atoms with van der Waals surface area (Å²) >= 11 is 0. The fraction of sp³-hybridized carbons (Fsp3) is 0.458. The van der Waals surface area contributed by atoms with E-state index in [2.05, 4.69) is 32.1 Å². The quantitative estimate of drug-likeness (QED) is 0.598. The number of aliphatic hydroxyl groups is 1. The summed E-state index contributed by atoms with van der Waals surface area (Å²) < 4.78 is 19.3. The van der Waals surface area contributed by atoms with E-state index in [1.165, 1.54) is 17.2 Å². The number of esters is 1. The molecule has 0 aromatic heterocycles. The van der Waals surface area contributed by atoms with Gasteiger partial charge in [0, 0.05) is 17.3 Å². The van der Waals surface area contributed by atoms with Crippen LogP contribution in [0.1, 0.15) is 50.7 Å². The van der Waals surface area contributed by atoms with Crippen molar-refractivity contribution < 1.29 is 19.0 Å². The molecule has 148 valence electrons. The molecule has 5 rings (SSSR count). The molecule has 1 saturated heterocycles. The van der Waals surface area contributed by atoms with Crippen LogP contribution in [0.15, 0.2) is 48.1 Å². The molecule has 0 radical (unpaired) electrons. The molecular weight excluding hydrogens is 355 g/mol. The summed E-state index contributed by atoms with van der Waals surface area (Å²) in [6.07, 6.45) is 10.0. The van der Waals surface area contributed by atoms with Gasteiger partial charge in [-0.3, -0.25) is 4.79 Å². The molecule has 4 atom stereocenters. The Morgan fingerprint density at radius 1 is 1.21 bits per heavy atom. The third kappa shape index (κ3) is 3.24. The highest BCUT2D eigenvalue weighted by Crippen LogP contribution is 2.59. The summed E-state index contributed by atoms with van der Waals surface area (Å²) in [6, 6.07) is 5.32. The summed E-state index contributed by atoms with van der Waals surface area (Å²) in [5.74, 6) is -0.558. The summed E-state index contributed by atoms with van der Waals surface area (Å²) in [6.45, 7) is 6.24. The highest BCUT2D eigenvalue weighted by molar-refractivity contribution is 5.81. The minimum absolute atomic E-state index is 0.0612. The second-order valence-electron chi connectivity index (χ2n) is 8.90. The maximum absolute atomic E-state index is 13.9. The van der Waals surface area contributed by atoms with Gasteiger partial charge in [-0.25, -0.2) is 4.39 Å². The number of ether oxygens (including phenoxy) is 1. The Kier molecular flexibility index (Phi) is 4.58. The molecule has 0 saturated carbocycles. The topological polar surface area (TPSA) is 46.5 Å². The summed E-state index contributed by atoms with van der Waals surface area (Å²) in [7, 11) is 0. The lowest BCUT2D eigenvalue weighted by molar-refractivity contribution is -0.156. The molecule has 1 heterocycles. The molecule has 1 aromatic carbocycles. The van der Waals surface area contributed by atoms with Crippen molar-refractivity contribution in [2.24, 2.45) is 10.8 Å². The van der Waals surface area contributed by atoms with Gasteiger partial charge in [0.25, 0.3) is 0 Å². The van der Waals surface area contributed by atoms with Gasteiger partial charge in [-0.2, -0.15) is 0 Å². The molecule has 0 spiro atoms. The van der Waals surface area contributed by atoms with Crippen molar-refractivity contribution in [3.05, 3.63) is 65.0 Å². The predicted molar refractivity (Wildman–Crippen MR) is 107 cm³/mol. The zero-order chi connectivity index (χ0) is 20.1. The van der Waals surface area contributed by atoms with Gasteiger partial charge in [0.2, 0.25) is 0 Å². The van der Waals surface area contributed by atoms with Crippen LogP contribution in [0, 0.1) is 23.6 Å². The van der Waals surface area contributed by atoms with Crippen LogP contribution in [0.25, 0.3) is 5.57 Å². The maximum atomic E-state index is 13.9. The van der Waals surface area contributed by atoms with Crippen molar-refractivity contribution in [3.63, 3.8) is 0 Å². The van der Waals surface area contributed by atoms with Crippen LogP contribution in [-0.4, -0.2) is 23.3 Å². The molecule has 1 aliphatic heterocycles. The standard InChI is InChI=1S/C24H27FO3/c1-15-12-16(4-7-20(15)25)22-19(23(2)8-10-24(22,3)11-9-23)6-5-18-13-17(26)14-21(27)28-18/h4-8,10,12,17-18,26H,9,11,13-14H2,1-3H3/t17-,18-,23?,24?/m1/s1. The molecule has 4 aliphatic rings. The monoisotopic (exact) mass is 382 g/mol. The van der Waals surface area contributed by atoms with E-state index in [-0.39, 0.29) is 29.0 Å². The van der Waals surface area contributed by atoms with Crippen LogP contribution in [0.4, 0.5) is 4.39 Å². The van der Waals surface area contributed by atoms with Gasteiger partial charge in [-0.15, -0.1) is 0 Å². The summed E-state index contributed by atoms with van der Waals surface area (Å²) in [4.78, 5) is 11.7. The first-order valence-electron chi connectivity index (χ1n) is 9.98. The van der Waals surface area contributed by atoms with Crippen LogP contribution in [0.2, 0.25) is 0 Å². The molecule has 3 aliphatic carbocycles. The van der Waals surface area contributed by atoms with Crippen molar-refractivity contribution in [1.82, 2.24) is 0 Å². The van der Waals surface area contributed by atoms with Gasteiger partial charge in [0.1, 0.15) is 11.9 Å². The minimum atomic E-state index is -0.653. The number of rotatable bonds is 3. The zero-order valence-corrected chi connectivity index (χ0v) is 16.7. The number of benzene rings is 1. The Labute approximate surface area is 165 Å². The second kappa shape index (κ2) is 6.70. The number of fused-ring (bicyclic) bond motifs is 1. The minimum Gasteiger partial charge on any atom is -0.458 e. The Morgan fingerprint density at radius 3 is 2.57 bits per heavy atom. The Morgan fingerprint density at radius 2 is 1.93 bits per heavy atom. The number of hydrogen-bond donors (Lipinski definition) is 1. The molecule has 2 unspecified atom stereocenters. The van der Waals surface area contributed by atoms with Crippen LogP contribution in [0.5, 0.6) is 0 Å². The molecule has 3 nitrogen and oxygen atoms in total. The molecule has 1 fully saturated rings. The molecule has 1 aromatic rings. The first-order valence-corrected chi connectivity index (χ1v) is 9.98. The maximum Gasteiger partial charge on any atom is 0.309 e. The van der Waals surface area contributed by atoms with Gasteiger partial charge in [0.15, 0.2) is 0 Å². The number of aryl methyl sites for hydroxylation is 1. The third-order valence-corrected chi connectivity index (χ3v) is 6.55. The van der Waals surface area contributed by atoms with Crippen molar-refractivity contribution in [1.29, 1.82) is 0 Å².